The van der Waals surface area contributed by atoms with Crippen LogP contribution in [0.4, 0.5) is 0 Å². The molecule has 3 aromatic rings. The third kappa shape index (κ3) is 2.69. The lowest BCUT2D eigenvalue weighted by molar-refractivity contribution is 0.350. The largest absolute Gasteiger partial charge is 0.355 e. The Morgan fingerprint density at radius 2 is 2.45 bits per heavy atom. The fourth-order valence-electron chi connectivity index (χ4n) is 2.78. The number of hydrogen-bond acceptors (Lipinski definition) is 6. The maximum atomic E-state index is 5.40. The maximum absolute atomic E-state index is 5.40. The molecular weight excluding hydrogens is 298 g/mol. The molecule has 4 rings (SSSR count). The van der Waals surface area contributed by atoms with Crippen molar-refractivity contribution in [1.82, 2.24) is 25.2 Å². The molecule has 0 radical (unpaired) electrons. The molecule has 0 aliphatic carbocycles. The third-order valence-electron chi connectivity index (χ3n) is 3.86. The van der Waals surface area contributed by atoms with E-state index in [4.69, 9.17) is 4.52 Å². The quantitative estimate of drug-likeness (QED) is 0.800. The van der Waals surface area contributed by atoms with Crippen LogP contribution in [0.25, 0.3) is 10.6 Å². The number of aromatic nitrogens is 4. The standard InChI is InChI=1S/C15H17N5OS/c1-10-17-15-5-4-11(9-20(15)18-10)16-8-12-7-13(21-19-12)14-3-2-6-22-14/h2-3,6-7,11,16H,4-5,8-9H2,1H3/t11-/m1/s1. The summed E-state index contributed by atoms with van der Waals surface area (Å²) in [4.78, 5) is 5.54. The van der Waals surface area contributed by atoms with Crippen molar-refractivity contribution in [3.8, 4) is 10.6 Å². The zero-order chi connectivity index (χ0) is 14.9. The Balaban J connectivity index is 1.37. The average Bonchev–Trinajstić information content (AvgIpc) is 3.23. The van der Waals surface area contributed by atoms with Crippen LogP contribution in [0.2, 0.25) is 0 Å². The van der Waals surface area contributed by atoms with Gasteiger partial charge in [-0.05, 0) is 24.8 Å². The van der Waals surface area contributed by atoms with Gasteiger partial charge < -0.3 is 9.84 Å². The summed E-state index contributed by atoms with van der Waals surface area (Å²) in [6.07, 6.45) is 2.05. The van der Waals surface area contributed by atoms with E-state index >= 15 is 0 Å². The van der Waals surface area contributed by atoms with Gasteiger partial charge in [-0.15, -0.1) is 11.3 Å². The number of rotatable bonds is 4. The highest BCUT2D eigenvalue weighted by molar-refractivity contribution is 7.13. The molecule has 7 heteroatoms. The van der Waals surface area contributed by atoms with Gasteiger partial charge in [0.25, 0.3) is 0 Å². The van der Waals surface area contributed by atoms with Crippen LogP contribution in [-0.2, 0) is 19.5 Å². The molecule has 0 amide bonds. The highest BCUT2D eigenvalue weighted by atomic mass is 32.1. The van der Waals surface area contributed by atoms with Crippen molar-refractivity contribution in [3.05, 3.63) is 40.9 Å². The minimum atomic E-state index is 0.399. The molecule has 6 nitrogen and oxygen atoms in total. The van der Waals surface area contributed by atoms with Crippen LogP contribution >= 0.6 is 11.3 Å². The maximum Gasteiger partial charge on any atom is 0.177 e. The van der Waals surface area contributed by atoms with Crippen molar-refractivity contribution in [1.29, 1.82) is 0 Å². The first-order valence-corrected chi connectivity index (χ1v) is 8.29. The summed E-state index contributed by atoms with van der Waals surface area (Å²) in [7, 11) is 0. The molecule has 0 saturated heterocycles. The van der Waals surface area contributed by atoms with E-state index in [0.717, 1.165) is 47.4 Å². The second-order valence-corrected chi connectivity index (χ2v) is 6.48. The molecule has 0 fully saturated rings. The van der Waals surface area contributed by atoms with Gasteiger partial charge in [-0.2, -0.15) is 5.10 Å². The topological polar surface area (TPSA) is 68.8 Å². The Kier molecular flexibility index (Phi) is 3.51. The summed E-state index contributed by atoms with van der Waals surface area (Å²) >= 11 is 1.66. The molecule has 0 unspecified atom stereocenters. The summed E-state index contributed by atoms with van der Waals surface area (Å²) in [6.45, 7) is 3.52. The van der Waals surface area contributed by atoms with Crippen molar-refractivity contribution in [2.45, 2.75) is 38.9 Å². The van der Waals surface area contributed by atoms with E-state index in [9.17, 15) is 0 Å². The Hall–Kier alpha value is -1.99. The molecule has 1 aliphatic heterocycles. The van der Waals surface area contributed by atoms with Crippen LogP contribution in [0.3, 0.4) is 0 Å². The monoisotopic (exact) mass is 315 g/mol. The molecule has 0 saturated carbocycles. The molecule has 114 valence electrons. The van der Waals surface area contributed by atoms with E-state index in [2.05, 4.69) is 20.6 Å². The predicted octanol–water partition coefficient (Wildman–Crippen LogP) is 2.41. The summed E-state index contributed by atoms with van der Waals surface area (Å²) in [5.74, 6) is 2.79. The zero-order valence-corrected chi connectivity index (χ0v) is 13.1. The third-order valence-corrected chi connectivity index (χ3v) is 4.74. The van der Waals surface area contributed by atoms with Crippen molar-refractivity contribution in [2.75, 3.05) is 0 Å². The van der Waals surface area contributed by atoms with Crippen molar-refractivity contribution in [2.24, 2.45) is 0 Å². The highest BCUT2D eigenvalue weighted by Crippen LogP contribution is 2.25. The average molecular weight is 315 g/mol. The molecular formula is C15H17N5OS. The predicted molar refractivity (Wildman–Crippen MR) is 83.5 cm³/mol. The number of aryl methyl sites for hydroxylation is 2. The van der Waals surface area contributed by atoms with E-state index in [1.807, 2.05) is 35.2 Å². The number of fused-ring (bicyclic) bond motifs is 1. The number of nitrogens with zero attached hydrogens (tertiary/aromatic N) is 4. The Labute approximate surface area is 132 Å². The summed E-state index contributed by atoms with van der Waals surface area (Å²) in [6, 6.07) is 6.46. The minimum Gasteiger partial charge on any atom is -0.355 e. The molecule has 0 aromatic carbocycles. The molecule has 1 N–H and O–H groups in total. The smallest absolute Gasteiger partial charge is 0.177 e. The van der Waals surface area contributed by atoms with E-state index in [1.54, 1.807) is 11.3 Å². The SMILES string of the molecule is Cc1nc2n(n1)C[C@H](NCc1cc(-c3cccs3)on1)CC2. The Bertz CT molecular complexity index is 761. The highest BCUT2D eigenvalue weighted by Gasteiger charge is 2.20. The lowest BCUT2D eigenvalue weighted by atomic mass is 10.1. The van der Waals surface area contributed by atoms with Gasteiger partial charge in [0.15, 0.2) is 5.76 Å². The van der Waals surface area contributed by atoms with Gasteiger partial charge >= 0.3 is 0 Å². The molecule has 1 aliphatic rings. The Morgan fingerprint density at radius 1 is 1.50 bits per heavy atom. The minimum absolute atomic E-state index is 0.399. The normalized spacial score (nSPS) is 17.6. The van der Waals surface area contributed by atoms with Crippen molar-refractivity contribution >= 4 is 11.3 Å². The van der Waals surface area contributed by atoms with Crippen LogP contribution in [0.15, 0.2) is 28.1 Å². The summed E-state index contributed by atoms with van der Waals surface area (Å²) in [5.41, 5.74) is 0.934. The van der Waals surface area contributed by atoms with E-state index in [0.29, 0.717) is 12.6 Å². The van der Waals surface area contributed by atoms with Crippen LogP contribution in [-0.4, -0.2) is 26.0 Å². The molecule has 3 aromatic heterocycles. The fraction of sp³-hybridized carbons (Fsp3) is 0.400. The van der Waals surface area contributed by atoms with Crippen LogP contribution in [0.1, 0.15) is 23.8 Å². The molecule has 1 atom stereocenters. The van der Waals surface area contributed by atoms with E-state index in [1.165, 1.54) is 0 Å². The molecule has 0 spiro atoms. The van der Waals surface area contributed by atoms with E-state index in [-0.39, 0.29) is 0 Å². The van der Waals surface area contributed by atoms with Gasteiger partial charge in [-0.1, -0.05) is 11.2 Å². The van der Waals surface area contributed by atoms with Gasteiger partial charge in [0, 0.05) is 25.1 Å². The molecule has 0 bridgehead atoms. The summed E-state index contributed by atoms with van der Waals surface area (Å²) < 4.78 is 7.41. The van der Waals surface area contributed by atoms with Crippen LogP contribution in [0.5, 0.6) is 0 Å². The van der Waals surface area contributed by atoms with Gasteiger partial charge in [0.1, 0.15) is 11.6 Å². The number of hydrogen-bond donors (Lipinski definition) is 1. The first-order valence-electron chi connectivity index (χ1n) is 7.41. The first kappa shape index (κ1) is 13.7. The number of thiophene rings is 1. The van der Waals surface area contributed by atoms with Crippen molar-refractivity contribution in [3.63, 3.8) is 0 Å². The zero-order valence-electron chi connectivity index (χ0n) is 12.3. The van der Waals surface area contributed by atoms with Gasteiger partial charge in [0.05, 0.1) is 17.1 Å². The van der Waals surface area contributed by atoms with Gasteiger partial charge in [-0.3, -0.25) is 0 Å². The van der Waals surface area contributed by atoms with Crippen LogP contribution < -0.4 is 5.32 Å². The van der Waals surface area contributed by atoms with Crippen LogP contribution in [0, 0.1) is 6.92 Å². The second kappa shape index (κ2) is 5.66. The second-order valence-electron chi connectivity index (χ2n) is 5.53. The fourth-order valence-corrected chi connectivity index (χ4v) is 3.45. The summed E-state index contributed by atoms with van der Waals surface area (Å²) in [5, 5.41) is 14.1. The van der Waals surface area contributed by atoms with Gasteiger partial charge in [-0.25, -0.2) is 9.67 Å². The Morgan fingerprint density at radius 3 is 3.32 bits per heavy atom. The van der Waals surface area contributed by atoms with E-state index < -0.39 is 0 Å². The lowest BCUT2D eigenvalue weighted by Crippen LogP contribution is -2.37. The van der Waals surface area contributed by atoms with Gasteiger partial charge in [0.2, 0.25) is 0 Å². The molecule has 4 heterocycles. The van der Waals surface area contributed by atoms with Crippen molar-refractivity contribution < 1.29 is 4.52 Å². The lowest BCUT2D eigenvalue weighted by Gasteiger charge is -2.23. The molecule has 22 heavy (non-hydrogen) atoms. The first-order chi connectivity index (χ1) is 10.8. The number of nitrogens with one attached hydrogen (secondary N) is 1.